The molecule has 0 saturated carbocycles. The predicted octanol–water partition coefficient (Wildman–Crippen LogP) is 6.15. The first-order valence-electron chi connectivity index (χ1n) is 9.51. The van der Waals surface area contributed by atoms with Crippen LogP contribution in [0.1, 0.15) is 11.1 Å². The quantitative estimate of drug-likeness (QED) is 0.325. The second kappa shape index (κ2) is 9.05. The van der Waals surface area contributed by atoms with E-state index in [1.54, 1.807) is 48.5 Å². The lowest BCUT2D eigenvalue weighted by Crippen LogP contribution is -1.86. The summed E-state index contributed by atoms with van der Waals surface area (Å²) < 4.78 is 0. The summed E-state index contributed by atoms with van der Waals surface area (Å²) in [6.07, 6.45) is 0. The minimum atomic E-state index is 0.257. The van der Waals surface area contributed by atoms with E-state index in [1.165, 1.54) is 0 Å². The van der Waals surface area contributed by atoms with Crippen molar-refractivity contribution >= 4 is 0 Å². The first-order chi connectivity index (χ1) is 14.3. The summed E-state index contributed by atoms with van der Waals surface area (Å²) in [5.41, 5.74) is 6.23. The van der Waals surface area contributed by atoms with E-state index in [1.807, 2.05) is 50.2 Å². The molecule has 0 bridgehead atoms. The molecule has 0 unspecified atom stereocenters. The molecule has 0 atom stereocenters. The van der Waals surface area contributed by atoms with Crippen LogP contribution in [-0.4, -0.2) is 20.4 Å². The summed E-state index contributed by atoms with van der Waals surface area (Å²) in [7, 11) is 0. The molecule has 4 N–H and O–H groups in total. The summed E-state index contributed by atoms with van der Waals surface area (Å²) in [5.74, 6) is 1.07. The second-order valence-corrected chi connectivity index (χ2v) is 7.09. The summed E-state index contributed by atoms with van der Waals surface area (Å²) in [6.45, 7) is 3.92. The van der Waals surface area contributed by atoms with Gasteiger partial charge in [0.05, 0.1) is 0 Å². The van der Waals surface area contributed by atoms with Crippen molar-refractivity contribution in [1.29, 1.82) is 0 Å². The van der Waals surface area contributed by atoms with Crippen LogP contribution in [0.4, 0.5) is 0 Å². The maximum absolute atomic E-state index is 9.36. The van der Waals surface area contributed by atoms with Gasteiger partial charge in [-0.1, -0.05) is 36.4 Å². The van der Waals surface area contributed by atoms with Crippen LogP contribution in [0.2, 0.25) is 0 Å². The number of aromatic hydroxyl groups is 4. The summed E-state index contributed by atoms with van der Waals surface area (Å²) in [4.78, 5) is 0. The van der Waals surface area contributed by atoms with Gasteiger partial charge in [-0.3, -0.25) is 0 Å². The summed E-state index contributed by atoms with van der Waals surface area (Å²) >= 11 is 0. The van der Waals surface area contributed by atoms with Gasteiger partial charge in [0.1, 0.15) is 23.0 Å². The average molecular weight is 400 g/mol. The molecule has 0 aromatic heterocycles. The van der Waals surface area contributed by atoms with Gasteiger partial charge in [-0.15, -0.1) is 0 Å². The number of phenols is 4. The number of benzene rings is 4. The van der Waals surface area contributed by atoms with Crippen molar-refractivity contribution in [3.05, 3.63) is 96.1 Å². The van der Waals surface area contributed by atoms with Crippen LogP contribution in [-0.2, 0) is 0 Å². The fourth-order valence-corrected chi connectivity index (χ4v) is 3.21. The van der Waals surface area contributed by atoms with Gasteiger partial charge in [-0.25, -0.2) is 0 Å². The van der Waals surface area contributed by atoms with Crippen molar-refractivity contribution in [3.8, 4) is 45.3 Å². The largest absolute Gasteiger partial charge is 0.508 e. The Morgan fingerprint density at radius 3 is 1.00 bits per heavy atom. The summed E-state index contributed by atoms with van der Waals surface area (Å²) in [5, 5.41) is 36.9. The number of hydrogen-bond acceptors (Lipinski definition) is 4. The molecular formula is C26H24O4. The van der Waals surface area contributed by atoms with Crippen molar-refractivity contribution in [1.82, 2.24) is 0 Å². The highest BCUT2D eigenvalue weighted by molar-refractivity contribution is 5.71. The van der Waals surface area contributed by atoms with Crippen LogP contribution >= 0.6 is 0 Å². The Balaban J connectivity index is 0.000000172. The van der Waals surface area contributed by atoms with Crippen LogP contribution in [0.3, 0.4) is 0 Å². The number of rotatable bonds is 2. The van der Waals surface area contributed by atoms with Crippen LogP contribution in [0.15, 0.2) is 84.9 Å². The molecule has 4 aromatic rings. The molecule has 0 saturated heterocycles. The Morgan fingerprint density at radius 2 is 0.700 bits per heavy atom. The molecule has 0 heterocycles. The fourth-order valence-electron chi connectivity index (χ4n) is 3.21. The van der Waals surface area contributed by atoms with Gasteiger partial charge in [0.2, 0.25) is 0 Å². The third-order valence-electron chi connectivity index (χ3n) is 4.78. The fraction of sp³-hybridized carbons (Fsp3) is 0.0769. The van der Waals surface area contributed by atoms with E-state index in [-0.39, 0.29) is 23.0 Å². The van der Waals surface area contributed by atoms with Crippen LogP contribution < -0.4 is 0 Å². The zero-order chi connectivity index (χ0) is 21.7. The Hall–Kier alpha value is -3.92. The van der Waals surface area contributed by atoms with E-state index >= 15 is 0 Å². The van der Waals surface area contributed by atoms with Crippen molar-refractivity contribution < 1.29 is 20.4 Å². The Labute approximate surface area is 176 Å². The van der Waals surface area contributed by atoms with Gasteiger partial charge < -0.3 is 20.4 Å². The monoisotopic (exact) mass is 400 g/mol. The van der Waals surface area contributed by atoms with Crippen molar-refractivity contribution in [2.75, 3.05) is 0 Å². The van der Waals surface area contributed by atoms with Gasteiger partial charge >= 0.3 is 0 Å². The molecule has 0 aliphatic heterocycles. The molecule has 30 heavy (non-hydrogen) atoms. The zero-order valence-corrected chi connectivity index (χ0v) is 16.9. The third-order valence-corrected chi connectivity index (χ3v) is 4.78. The zero-order valence-electron chi connectivity index (χ0n) is 16.9. The minimum absolute atomic E-state index is 0.257. The van der Waals surface area contributed by atoms with E-state index in [2.05, 4.69) is 0 Å². The topological polar surface area (TPSA) is 80.9 Å². The molecule has 0 amide bonds. The first-order valence-corrected chi connectivity index (χ1v) is 9.51. The van der Waals surface area contributed by atoms with Gasteiger partial charge in [-0.05, 0) is 95.8 Å². The highest BCUT2D eigenvalue weighted by Gasteiger charge is 2.06. The number of phenolic OH excluding ortho intramolecular Hbond substituents is 4. The average Bonchev–Trinajstić information content (AvgIpc) is 2.71. The summed E-state index contributed by atoms with van der Waals surface area (Å²) in [6, 6.07) is 24.5. The molecule has 4 heteroatoms. The van der Waals surface area contributed by atoms with Crippen molar-refractivity contribution in [2.45, 2.75) is 13.8 Å². The lowest BCUT2D eigenvalue weighted by atomic mass is 9.96. The molecule has 0 radical (unpaired) electrons. The molecule has 4 rings (SSSR count). The Bertz CT molecular complexity index is 1040. The molecule has 152 valence electrons. The van der Waals surface area contributed by atoms with Crippen molar-refractivity contribution in [2.24, 2.45) is 0 Å². The predicted molar refractivity (Wildman–Crippen MR) is 120 cm³/mol. The molecule has 4 aromatic carbocycles. The highest BCUT2D eigenvalue weighted by atomic mass is 16.3. The van der Waals surface area contributed by atoms with Gasteiger partial charge in [0.15, 0.2) is 0 Å². The minimum Gasteiger partial charge on any atom is -0.508 e. The lowest BCUT2D eigenvalue weighted by Gasteiger charge is -2.10. The maximum atomic E-state index is 9.36. The molecule has 0 aliphatic carbocycles. The Kier molecular flexibility index (Phi) is 6.28. The normalized spacial score (nSPS) is 10.2. The van der Waals surface area contributed by atoms with Crippen LogP contribution in [0, 0.1) is 13.8 Å². The van der Waals surface area contributed by atoms with Gasteiger partial charge in [0.25, 0.3) is 0 Å². The SMILES string of the molecule is Cc1cc(O)ccc1-c1ccc(O)cc1C.Oc1ccc(-c2ccc(O)cc2)cc1. The first kappa shape index (κ1) is 20.8. The van der Waals surface area contributed by atoms with E-state index in [4.69, 9.17) is 10.2 Å². The van der Waals surface area contributed by atoms with E-state index < -0.39 is 0 Å². The van der Waals surface area contributed by atoms with E-state index in [9.17, 15) is 10.2 Å². The molecule has 0 fully saturated rings. The molecule has 0 spiro atoms. The smallest absolute Gasteiger partial charge is 0.115 e. The Morgan fingerprint density at radius 1 is 0.400 bits per heavy atom. The number of hydrogen-bond donors (Lipinski definition) is 4. The van der Waals surface area contributed by atoms with E-state index in [0.29, 0.717) is 0 Å². The second-order valence-electron chi connectivity index (χ2n) is 7.09. The van der Waals surface area contributed by atoms with E-state index in [0.717, 1.165) is 33.4 Å². The van der Waals surface area contributed by atoms with Gasteiger partial charge in [-0.2, -0.15) is 0 Å². The lowest BCUT2D eigenvalue weighted by molar-refractivity contribution is 0.474. The van der Waals surface area contributed by atoms with Crippen LogP contribution in [0.25, 0.3) is 22.3 Å². The highest BCUT2D eigenvalue weighted by Crippen LogP contribution is 2.30. The van der Waals surface area contributed by atoms with Gasteiger partial charge in [0, 0.05) is 0 Å². The standard InChI is InChI=1S/C14H14O2.C12H10O2/c1-9-7-11(15)3-5-13(9)14-6-4-12(16)8-10(14)2;13-11-5-1-9(2-6-11)10-3-7-12(14)8-4-10/h3-8,15-16H,1-2H3;1-8,13-14H. The molecule has 4 nitrogen and oxygen atoms in total. The number of aryl methyl sites for hydroxylation is 2. The maximum Gasteiger partial charge on any atom is 0.115 e. The third kappa shape index (κ3) is 5.11. The van der Waals surface area contributed by atoms with Crippen molar-refractivity contribution in [3.63, 3.8) is 0 Å². The molecule has 0 aliphatic rings. The molecular weight excluding hydrogens is 376 g/mol. The van der Waals surface area contributed by atoms with Crippen LogP contribution in [0.5, 0.6) is 23.0 Å².